The number of carbonyl (C=O) groups excluding carboxylic acids is 2. The molecule has 0 unspecified atom stereocenters. The normalized spacial score (nSPS) is 19.5. The van der Waals surface area contributed by atoms with Crippen molar-refractivity contribution in [1.29, 1.82) is 0 Å². The number of hydrogen-bond acceptors (Lipinski definition) is 2. The van der Waals surface area contributed by atoms with Gasteiger partial charge in [-0.1, -0.05) is 6.07 Å². The van der Waals surface area contributed by atoms with Crippen LogP contribution in [0, 0.1) is 18.7 Å². The first-order valence-electron chi connectivity index (χ1n) is 11.4. The Morgan fingerprint density at radius 3 is 2.08 bits per heavy atom. The van der Waals surface area contributed by atoms with E-state index in [1.165, 1.54) is 37.1 Å². The van der Waals surface area contributed by atoms with Gasteiger partial charge in [0.2, 0.25) is 5.91 Å². The summed E-state index contributed by atoms with van der Waals surface area (Å²) in [4.78, 5) is 27.8. The third kappa shape index (κ3) is 6.16. The van der Waals surface area contributed by atoms with E-state index in [9.17, 15) is 40.3 Å². The van der Waals surface area contributed by atoms with E-state index in [0.29, 0.717) is 23.3 Å². The third-order valence-corrected chi connectivity index (χ3v) is 6.82. The van der Waals surface area contributed by atoms with Gasteiger partial charge >= 0.3 is 18.4 Å². The van der Waals surface area contributed by atoms with Crippen LogP contribution in [0.4, 0.5) is 35.5 Å². The van der Waals surface area contributed by atoms with Gasteiger partial charge in [0.25, 0.3) is 0 Å². The zero-order chi connectivity index (χ0) is 27.9. The Morgan fingerprint density at radius 2 is 1.59 bits per heavy atom. The van der Waals surface area contributed by atoms with E-state index < -0.39 is 59.2 Å². The first-order valence-corrected chi connectivity index (χ1v) is 11.4. The summed E-state index contributed by atoms with van der Waals surface area (Å²) >= 11 is 0. The molecule has 3 atom stereocenters. The number of benzene rings is 2. The van der Waals surface area contributed by atoms with E-state index in [2.05, 4.69) is 0 Å². The molecule has 1 aliphatic rings. The first-order chi connectivity index (χ1) is 17.0. The summed E-state index contributed by atoms with van der Waals surface area (Å²) in [5, 5.41) is 0. The Bertz CT molecular complexity index is 1150. The molecular weight excluding hydrogens is 507 g/mol. The Kier molecular flexibility index (Phi) is 7.80. The summed E-state index contributed by atoms with van der Waals surface area (Å²) in [6.07, 6.45) is -9.69. The number of primary amides is 1. The molecule has 0 saturated carbocycles. The molecule has 1 heterocycles. The molecule has 1 fully saturated rings. The summed E-state index contributed by atoms with van der Waals surface area (Å²) in [6.45, 7) is 3.01. The van der Waals surface area contributed by atoms with Gasteiger partial charge in [0.1, 0.15) is 5.82 Å². The van der Waals surface area contributed by atoms with E-state index in [1.807, 2.05) is 0 Å². The van der Waals surface area contributed by atoms with Crippen LogP contribution < -0.4 is 5.73 Å². The number of nitrogens with zero attached hydrogens (tertiary/aromatic N) is 2. The van der Waals surface area contributed by atoms with Crippen molar-refractivity contribution in [3.8, 4) is 0 Å². The van der Waals surface area contributed by atoms with E-state index in [-0.39, 0.29) is 31.0 Å². The van der Waals surface area contributed by atoms with Crippen LogP contribution in [0.5, 0.6) is 0 Å². The number of alkyl halides is 6. The highest BCUT2D eigenvalue weighted by molar-refractivity contribution is 5.79. The van der Waals surface area contributed by atoms with Crippen molar-refractivity contribution >= 4 is 11.9 Å². The summed E-state index contributed by atoms with van der Waals surface area (Å²) in [5.41, 5.74) is 3.24. The molecular formula is C25H26F7N3O2. The monoisotopic (exact) mass is 533 g/mol. The highest BCUT2D eigenvalue weighted by atomic mass is 19.4. The number of nitrogens with two attached hydrogens (primary N) is 1. The molecule has 12 heteroatoms. The van der Waals surface area contributed by atoms with Crippen LogP contribution in [0.3, 0.4) is 0 Å². The Morgan fingerprint density at radius 1 is 1.03 bits per heavy atom. The summed E-state index contributed by atoms with van der Waals surface area (Å²) in [6, 6.07) is 2.60. The maximum Gasteiger partial charge on any atom is 0.416 e. The SMILES string of the molecule is Cc1cc(F)ccc1[C@H]1C[C@@H](C(N)=O)CCN1C(=O)N(C)[C@@H](C)c1cc(C(F)(F)F)cc(C(F)(F)F)c1. The average Bonchev–Trinajstić information content (AvgIpc) is 2.81. The van der Waals surface area contributed by atoms with Crippen molar-refractivity contribution < 1.29 is 40.3 Å². The van der Waals surface area contributed by atoms with Crippen LogP contribution in [-0.2, 0) is 17.1 Å². The Labute approximate surface area is 209 Å². The van der Waals surface area contributed by atoms with Crippen LogP contribution in [0.15, 0.2) is 36.4 Å². The summed E-state index contributed by atoms with van der Waals surface area (Å²) in [7, 11) is 1.27. The highest BCUT2D eigenvalue weighted by Gasteiger charge is 2.40. The predicted molar refractivity (Wildman–Crippen MR) is 121 cm³/mol. The second-order valence-electron chi connectivity index (χ2n) is 9.24. The van der Waals surface area contributed by atoms with Crippen LogP contribution in [-0.4, -0.2) is 35.3 Å². The molecule has 202 valence electrons. The summed E-state index contributed by atoms with van der Waals surface area (Å²) in [5.74, 6) is -1.64. The van der Waals surface area contributed by atoms with Gasteiger partial charge in [0, 0.05) is 19.5 Å². The molecule has 5 nitrogen and oxygen atoms in total. The van der Waals surface area contributed by atoms with Gasteiger partial charge in [-0.05, 0) is 73.7 Å². The van der Waals surface area contributed by atoms with Crippen LogP contribution >= 0.6 is 0 Å². The zero-order valence-corrected chi connectivity index (χ0v) is 20.3. The van der Waals surface area contributed by atoms with Gasteiger partial charge in [0.15, 0.2) is 0 Å². The first kappa shape index (κ1) is 28.3. The number of halogens is 7. The predicted octanol–water partition coefficient (Wildman–Crippen LogP) is 6.22. The maximum absolute atomic E-state index is 13.7. The van der Waals surface area contributed by atoms with E-state index >= 15 is 0 Å². The Balaban J connectivity index is 1.98. The lowest BCUT2D eigenvalue weighted by Gasteiger charge is -2.42. The fourth-order valence-corrected chi connectivity index (χ4v) is 4.57. The average molecular weight is 533 g/mol. The second kappa shape index (κ2) is 10.2. The van der Waals surface area contributed by atoms with E-state index in [4.69, 9.17) is 5.73 Å². The molecule has 0 aliphatic carbocycles. The number of hydrogen-bond donors (Lipinski definition) is 1. The minimum Gasteiger partial charge on any atom is -0.369 e. The molecule has 0 spiro atoms. The molecule has 3 rings (SSSR count). The molecule has 0 bridgehead atoms. The molecule has 0 aromatic heterocycles. The number of aryl methyl sites for hydroxylation is 1. The summed E-state index contributed by atoms with van der Waals surface area (Å²) < 4.78 is 93.7. The lowest BCUT2D eigenvalue weighted by Crippen LogP contribution is -2.49. The van der Waals surface area contributed by atoms with Crippen molar-refractivity contribution in [2.75, 3.05) is 13.6 Å². The minimum atomic E-state index is -5.03. The number of amides is 3. The smallest absolute Gasteiger partial charge is 0.369 e. The molecule has 1 saturated heterocycles. The second-order valence-corrected chi connectivity index (χ2v) is 9.24. The van der Waals surface area contributed by atoms with Crippen molar-refractivity contribution in [3.05, 3.63) is 70.0 Å². The molecule has 1 aliphatic heterocycles. The minimum absolute atomic E-state index is 0.0278. The van der Waals surface area contributed by atoms with E-state index in [0.717, 1.165) is 4.90 Å². The topological polar surface area (TPSA) is 66.6 Å². The number of rotatable bonds is 4. The molecule has 37 heavy (non-hydrogen) atoms. The standard InChI is InChI=1S/C25H26F7N3O2/c1-13-8-19(26)4-5-20(13)21-11-15(22(33)36)6-7-35(21)23(37)34(3)14(2)16-9-17(24(27,28)29)12-18(10-16)25(30,31)32/h4-5,8-10,12,14-15,21H,6-7,11H2,1-3H3,(H2,33,36)/t14-,15-,21+/m0/s1. The third-order valence-electron chi connectivity index (χ3n) is 6.82. The van der Waals surface area contributed by atoms with Crippen LogP contribution in [0.1, 0.15) is 59.7 Å². The number of carbonyl (C=O) groups is 2. The van der Waals surface area contributed by atoms with Gasteiger partial charge < -0.3 is 15.5 Å². The zero-order valence-electron chi connectivity index (χ0n) is 20.3. The van der Waals surface area contributed by atoms with Crippen molar-refractivity contribution in [2.45, 2.75) is 51.1 Å². The Hall–Kier alpha value is -3.31. The van der Waals surface area contributed by atoms with Crippen LogP contribution in [0.25, 0.3) is 0 Å². The molecule has 0 radical (unpaired) electrons. The molecule has 2 N–H and O–H groups in total. The maximum atomic E-state index is 13.7. The van der Waals surface area contributed by atoms with Gasteiger partial charge in [-0.25, -0.2) is 9.18 Å². The van der Waals surface area contributed by atoms with Gasteiger partial charge in [-0.3, -0.25) is 4.79 Å². The lowest BCUT2D eigenvalue weighted by molar-refractivity contribution is -0.143. The van der Waals surface area contributed by atoms with Gasteiger partial charge in [0.05, 0.1) is 23.2 Å². The molecule has 2 aromatic carbocycles. The largest absolute Gasteiger partial charge is 0.416 e. The number of piperidine rings is 1. The van der Waals surface area contributed by atoms with Crippen molar-refractivity contribution in [1.82, 2.24) is 9.80 Å². The fraction of sp³-hybridized carbons (Fsp3) is 0.440. The number of likely N-dealkylation sites (tertiary alicyclic amines) is 1. The lowest BCUT2D eigenvalue weighted by atomic mass is 9.85. The van der Waals surface area contributed by atoms with Gasteiger partial charge in [-0.2, -0.15) is 26.3 Å². The van der Waals surface area contributed by atoms with Gasteiger partial charge in [-0.15, -0.1) is 0 Å². The highest BCUT2D eigenvalue weighted by Crippen LogP contribution is 2.40. The van der Waals surface area contributed by atoms with Crippen molar-refractivity contribution in [3.63, 3.8) is 0 Å². The van der Waals surface area contributed by atoms with Crippen molar-refractivity contribution in [2.24, 2.45) is 11.7 Å². The van der Waals surface area contributed by atoms with Crippen LogP contribution in [0.2, 0.25) is 0 Å². The number of urea groups is 1. The quantitative estimate of drug-likeness (QED) is 0.474. The fourth-order valence-electron chi connectivity index (χ4n) is 4.57. The molecule has 3 amide bonds. The van der Waals surface area contributed by atoms with E-state index in [1.54, 1.807) is 6.92 Å². The molecule has 2 aromatic rings.